The van der Waals surface area contributed by atoms with Gasteiger partial charge in [0.2, 0.25) is 0 Å². The SMILES string of the molecule is CNC(C)(C)c1c(-c2ccc(OC)c(OC)c2)n[nH]c1C(C)(C)C. The first-order valence-corrected chi connectivity index (χ1v) is 8.16. The van der Waals surface area contributed by atoms with Crippen LogP contribution in [0.25, 0.3) is 11.3 Å². The van der Waals surface area contributed by atoms with Gasteiger partial charge in [-0.25, -0.2) is 0 Å². The van der Waals surface area contributed by atoms with Crippen molar-refractivity contribution in [1.82, 2.24) is 15.5 Å². The molecule has 2 rings (SSSR count). The van der Waals surface area contributed by atoms with Crippen LogP contribution in [0.5, 0.6) is 11.5 Å². The molecule has 0 fully saturated rings. The average Bonchev–Trinajstić information content (AvgIpc) is 3.00. The number of nitrogens with one attached hydrogen (secondary N) is 2. The van der Waals surface area contributed by atoms with E-state index in [9.17, 15) is 0 Å². The molecule has 2 N–H and O–H groups in total. The fourth-order valence-electron chi connectivity index (χ4n) is 2.81. The van der Waals surface area contributed by atoms with Crippen molar-refractivity contribution < 1.29 is 9.47 Å². The number of benzene rings is 1. The van der Waals surface area contributed by atoms with Crippen LogP contribution in [0, 0.1) is 0 Å². The van der Waals surface area contributed by atoms with Gasteiger partial charge >= 0.3 is 0 Å². The van der Waals surface area contributed by atoms with E-state index in [1.807, 2.05) is 25.2 Å². The highest BCUT2D eigenvalue weighted by Crippen LogP contribution is 2.40. The molecule has 2 aromatic rings. The number of hydrogen-bond donors (Lipinski definition) is 2. The molecule has 132 valence electrons. The topological polar surface area (TPSA) is 59.2 Å². The lowest BCUT2D eigenvalue weighted by Gasteiger charge is -2.30. The summed E-state index contributed by atoms with van der Waals surface area (Å²) in [6, 6.07) is 5.89. The Kier molecular flexibility index (Phi) is 4.95. The molecule has 0 aliphatic rings. The van der Waals surface area contributed by atoms with E-state index >= 15 is 0 Å². The molecule has 0 amide bonds. The van der Waals surface area contributed by atoms with Gasteiger partial charge in [0.05, 0.1) is 19.9 Å². The van der Waals surface area contributed by atoms with Gasteiger partial charge in [0.25, 0.3) is 0 Å². The molecular weight excluding hydrogens is 302 g/mol. The monoisotopic (exact) mass is 331 g/mol. The Bertz CT molecular complexity index is 712. The fraction of sp³-hybridized carbons (Fsp3) is 0.526. The van der Waals surface area contributed by atoms with Crippen molar-refractivity contribution in [2.24, 2.45) is 0 Å². The molecule has 1 aromatic heterocycles. The first kappa shape index (κ1) is 18.3. The van der Waals surface area contributed by atoms with Gasteiger partial charge in [-0.3, -0.25) is 5.10 Å². The lowest BCUT2D eigenvalue weighted by Crippen LogP contribution is -2.36. The highest BCUT2D eigenvalue weighted by Gasteiger charge is 2.33. The average molecular weight is 331 g/mol. The van der Waals surface area contributed by atoms with Crippen molar-refractivity contribution in [1.29, 1.82) is 0 Å². The summed E-state index contributed by atoms with van der Waals surface area (Å²) in [6.45, 7) is 10.9. The van der Waals surface area contributed by atoms with Crippen LogP contribution in [0.2, 0.25) is 0 Å². The molecule has 5 heteroatoms. The van der Waals surface area contributed by atoms with Gasteiger partial charge in [-0.2, -0.15) is 5.10 Å². The molecule has 0 saturated carbocycles. The second-order valence-electron chi connectivity index (χ2n) is 7.52. The van der Waals surface area contributed by atoms with E-state index in [4.69, 9.17) is 9.47 Å². The largest absolute Gasteiger partial charge is 0.493 e. The van der Waals surface area contributed by atoms with E-state index < -0.39 is 0 Å². The maximum absolute atomic E-state index is 5.45. The zero-order chi connectivity index (χ0) is 18.1. The minimum atomic E-state index is -0.224. The van der Waals surface area contributed by atoms with Crippen molar-refractivity contribution in [3.8, 4) is 22.8 Å². The molecule has 0 radical (unpaired) electrons. The quantitative estimate of drug-likeness (QED) is 0.874. The third-order valence-corrected chi connectivity index (χ3v) is 4.42. The van der Waals surface area contributed by atoms with Crippen LogP contribution in [-0.2, 0) is 11.0 Å². The van der Waals surface area contributed by atoms with E-state index in [1.165, 1.54) is 5.56 Å². The van der Waals surface area contributed by atoms with Crippen molar-refractivity contribution >= 4 is 0 Å². The summed E-state index contributed by atoms with van der Waals surface area (Å²) < 4.78 is 10.8. The van der Waals surface area contributed by atoms with Crippen LogP contribution in [0.1, 0.15) is 45.9 Å². The zero-order valence-electron chi connectivity index (χ0n) is 16.0. The molecule has 0 aliphatic carbocycles. The fourth-order valence-corrected chi connectivity index (χ4v) is 2.81. The van der Waals surface area contributed by atoms with Gasteiger partial charge in [0.15, 0.2) is 11.5 Å². The van der Waals surface area contributed by atoms with Crippen LogP contribution >= 0.6 is 0 Å². The Morgan fingerprint density at radius 1 is 1.00 bits per heavy atom. The summed E-state index contributed by atoms with van der Waals surface area (Å²) in [4.78, 5) is 0. The van der Waals surface area contributed by atoms with Crippen molar-refractivity contribution in [3.05, 3.63) is 29.5 Å². The Morgan fingerprint density at radius 2 is 1.62 bits per heavy atom. The highest BCUT2D eigenvalue weighted by molar-refractivity contribution is 5.69. The summed E-state index contributed by atoms with van der Waals surface area (Å²) in [5, 5.41) is 11.3. The summed E-state index contributed by atoms with van der Waals surface area (Å²) in [6.07, 6.45) is 0. The molecule has 24 heavy (non-hydrogen) atoms. The molecule has 0 aliphatic heterocycles. The summed E-state index contributed by atoms with van der Waals surface area (Å²) in [5.74, 6) is 1.41. The van der Waals surface area contributed by atoms with Gasteiger partial charge in [-0.1, -0.05) is 20.8 Å². The van der Waals surface area contributed by atoms with E-state index in [-0.39, 0.29) is 11.0 Å². The predicted octanol–water partition coefficient (Wildman–Crippen LogP) is 3.85. The van der Waals surface area contributed by atoms with Gasteiger partial charge in [0, 0.05) is 27.8 Å². The standard InChI is InChI=1S/C19H29N3O2/c1-18(2,3)17-15(19(4,5)20-6)16(21-22-17)12-9-10-13(23-7)14(11-12)24-8/h9-11,20H,1-8H3,(H,21,22). The number of H-pyrrole nitrogens is 1. The molecule has 1 heterocycles. The second-order valence-corrected chi connectivity index (χ2v) is 7.52. The van der Waals surface area contributed by atoms with Crippen molar-refractivity contribution in [3.63, 3.8) is 0 Å². The van der Waals surface area contributed by atoms with Gasteiger partial charge < -0.3 is 14.8 Å². The van der Waals surface area contributed by atoms with Crippen LogP contribution in [-0.4, -0.2) is 31.5 Å². The normalized spacial score (nSPS) is 12.3. The van der Waals surface area contributed by atoms with E-state index in [0.29, 0.717) is 11.5 Å². The third kappa shape index (κ3) is 3.26. The summed E-state index contributed by atoms with van der Waals surface area (Å²) >= 11 is 0. The minimum absolute atomic E-state index is 0.0364. The first-order chi connectivity index (χ1) is 11.2. The number of aromatic nitrogens is 2. The van der Waals surface area contributed by atoms with Crippen LogP contribution in [0.4, 0.5) is 0 Å². The highest BCUT2D eigenvalue weighted by atomic mass is 16.5. The van der Waals surface area contributed by atoms with Gasteiger partial charge in [-0.15, -0.1) is 0 Å². The Balaban J connectivity index is 2.70. The Morgan fingerprint density at radius 3 is 2.12 bits per heavy atom. The van der Waals surface area contributed by atoms with Crippen molar-refractivity contribution in [2.75, 3.05) is 21.3 Å². The molecule has 0 atom stereocenters. The molecule has 1 aromatic carbocycles. The Labute approximate surface area is 144 Å². The molecule has 0 bridgehead atoms. The number of nitrogens with zero attached hydrogens (tertiary/aromatic N) is 1. The molecule has 5 nitrogen and oxygen atoms in total. The number of methoxy groups -OCH3 is 2. The molecular formula is C19H29N3O2. The molecule has 0 spiro atoms. The predicted molar refractivity (Wildman–Crippen MR) is 97.9 cm³/mol. The molecule has 0 saturated heterocycles. The van der Waals surface area contributed by atoms with Crippen LogP contribution in [0.15, 0.2) is 18.2 Å². The zero-order valence-corrected chi connectivity index (χ0v) is 16.0. The van der Waals surface area contributed by atoms with E-state index in [1.54, 1.807) is 14.2 Å². The maximum atomic E-state index is 5.45. The van der Waals surface area contributed by atoms with Gasteiger partial charge in [0.1, 0.15) is 0 Å². The maximum Gasteiger partial charge on any atom is 0.161 e. The smallest absolute Gasteiger partial charge is 0.161 e. The lowest BCUT2D eigenvalue weighted by molar-refractivity contribution is 0.355. The molecule has 0 unspecified atom stereocenters. The van der Waals surface area contributed by atoms with Crippen LogP contribution in [0.3, 0.4) is 0 Å². The van der Waals surface area contributed by atoms with E-state index in [0.717, 1.165) is 17.0 Å². The number of ether oxygens (including phenoxy) is 2. The minimum Gasteiger partial charge on any atom is -0.493 e. The first-order valence-electron chi connectivity index (χ1n) is 8.16. The third-order valence-electron chi connectivity index (χ3n) is 4.42. The summed E-state index contributed by atoms with van der Waals surface area (Å²) in [5.41, 5.74) is 3.97. The number of rotatable bonds is 5. The van der Waals surface area contributed by atoms with Crippen molar-refractivity contribution in [2.45, 2.75) is 45.6 Å². The number of hydrogen-bond acceptors (Lipinski definition) is 4. The second kappa shape index (κ2) is 6.48. The Hall–Kier alpha value is -2.01. The van der Waals surface area contributed by atoms with Crippen LogP contribution < -0.4 is 14.8 Å². The number of aromatic amines is 1. The van der Waals surface area contributed by atoms with E-state index in [2.05, 4.69) is 50.1 Å². The summed E-state index contributed by atoms with van der Waals surface area (Å²) in [7, 11) is 5.25. The lowest BCUT2D eigenvalue weighted by atomic mass is 9.81. The van der Waals surface area contributed by atoms with Gasteiger partial charge in [-0.05, 0) is 39.1 Å².